The van der Waals surface area contributed by atoms with Crippen LogP contribution in [-0.4, -0.2) is 49.4 Å². The molecule has 23 heavy (non-hydrogen) atoms. The number of rotatable bonds is 2. The highest BCUT2D eigenvalue weighted by molar-refractivity contribution is 5.80. The van der Waals surface area contributed by atoms with E-state index in [-0.39, 0.29) is 25.2 Å². The number of aryl methyl sites for hydroxylation is 1. The van der Waals surface area contributed by atoms with Crippen molar-refractivity contribution in [1.29, 1.82) is 0 Å². The van der Waals surface area contributed by atoms with E-state index in [9.17, 15) is 14.7 Å². The standard InChI is InChI=1S/C16H19N3O4/c1-11-3-2-4-12-13(11)17-10-19(14(12)20)9-16(23)5-7-18(8-6-16)15(21)22/h2-4,10,23H,5-9H2,1H3,(H,21,22). The Bertz CT molecular complexity index is 807. The minimum Gasteiger partial charge on any atom is -0.465 e. The molecular formula is C16H19N3O4. The van der Waals surface area contributed by atoms with Gasteiger partial charge in [0, 0.05) is 13.1 Å². The molecule has 3 rings (SSSR count). The molecule has 0 aliphatic carbocycles. The van der Waals surface area contributed by atoms with Gasteiger partial charge in [-0.1, -0.05) is 12.1 Å². The minimum atomic E-state index is -1.09. The normalized spacial score (nSPS) is 17.4. The molecule has 1 aromatic carbocycles. The van der Waals surface area contributed by atoms with E-state index in [1.54, 1.807) is 6.07 Å². The molecule has 0 atom stereocenters. The molecule has 0 radical (unpaired) electrons. The highest BCUT2D eigenvalue weighted by atomic mass is 16.4. The Morgan fingerprint density at radius 1 is 1.35 bits per heavy atom. The molecule has 1 aliphatic heterocycles. The Morgan fingerprint density at radius 2 is 2.04 bits per heavy atom. The first-order valence-corrected chi connectivity index (χ1v) is 7.55. The molecule has 1 aliphatic rings. The predicted octanol–water partition coefficient (Wildman–Crippen LogP) is 1.21. The van der Waals surface area contributed by atoms with Crippen LogP contribution in [-0.2, 0) is 6.54 Å². The summed E-state index contributed by atoms with van der Waals surface area (Å²) in [7, 11) is 0. The second kappa shape index (κ2) is 5.66. The maximum Gasteiger partial charge on any atom is 0.407 e. The molecule has 0 saturated carbocycles. The van der Waals surface area contributed by atoms with Crippen LogP contribution in [0, 0.1) is 6.92 Å². The molecule has 0 bridgehead atoms. The Morgan fingerprint density at radius 3 is 2.70 bits per heavy atom. The van der Waals surface area contributed by atoms with E-state index in [2.05, 4.69) is 4.98 Å². The number of aliphatic hydroxyl groups is 1. The van der Waals surface area contributed by atoms with E-state index >= 15 is 0 Å². The number of carboxylic acid groups (broad SMARTS) is 1. The van der Waals surface area contributed by atoms with Gasteiger partial charge in [-0.25, -0.2) is 9.78 Å². The molecule has 7 nitrogen and oxygen atoms in total. The fourth-order valence-electron chi connectivity index (χ4n) is 3.04. The van der Waals surface area contributed by atoms with Gasteiger partial charge >= 0.3 is 6.09 Å². The monoisotopic (exact) mass is 317 g/mol. The second-order valence-corrected chi connectivity index (χ2v) is 6.14. The van der Waals surface area contributed by atoms with Gasteiger partial charge in [0.2, 0.25) is 0 Å². The van der Waals surface area contributed by atoms with Crippen molar-refractivity contribution in [3.8, 4) is 0 Å². The summed E-state index contributed by atoms with van der Waals surface area (Å²) in [5.41, 5.74) is 0.323. The summed E-state index contributed by atoms with van der Waals surface area (Å²) in [5, 5.41) is 20.2. The quantitative estimate of drug-likeness (QED) is 0.868. The number of nitrogens with zero attached hydrogens (tertiary/aromatic N) is 3. The number of fused-ring (bicyclic) bond motifs is 1. The first kappa shape index (κ1) is 15.5. The van der Waals surface area contributed by atoms with Gasteiger partial charge < -0.3 is 15.1 Å². The summed E-state index contributed by atoms with van der Waals surface area (Å²) >= 11 is 0. The van der Waals surface area contributed by atoms with E-state index in [1.165, 1.54) is 15.8 Å². The summed E-state index contributed by atoms with van der Waals surface area (Å²) in [6, 6.07) is 5.44. The third-order valence-corrected chi connectivity index (χ3v) is 4.48. The summed E-state index contributed by atoms with van der Waals surface area (Å²) in [6.45, 7) is 2.55. The number of benzene rings is 1. The van der Waals surface area contributed by atoms with Gasteiger partial charge in [-0.15, -0.1) is 0 Å². The third kappa shape index (κ3) is 2.92. The number of para-hydroxylation sites is 1. The van der Waals surface area contributed by atoms with Crippen LogP contribution >= 0.6 is 0 Å². The number of amides is 1. The Kier molecular flexibility index (Phi) is 3.81. The highest BCUT2D eigenvalue weighted by Gasteiger charge is 2.34. The van der Waals surface area contributed by atoms with Crippen molar-refractivity contribution in [2.45, 2.75) is 31.9 Å². The number of aromatic nitrogens is 2. The van der Waals surface area contributed by atoms with E-state index in [4.69, 9.17) is 5.11 Å². The second-order valence-electron chi connectivity index (χ2n) is 6.14. The number of carbonyl (C=O) groups is 1. The van der Waals surface area contributed by atoms with Gasteiger partial charge in [-0.3, -0.25) is 9.36 Å². The molecule has 2 N–H and O–H groups in total. The minimum absolute atomic E-state index is 0.121. The molecule has 1 amide bonds. The van der Waals surface area contributed by atoms with Crippen LogP contribution in [0.25, 0.3) is 10.9 Å². The van der Waals surface area contributed by atoms with Crippen LogP contribution < -0.4 is 5.56 Å². The van der Waals surface area contributed by atoms with Crippen LogP contribution in [0.5, 0.6) is 0 Å². The van der Waals surface area contributed by atoms with Gasteiger partial charge in [-0.05, 0) is 31.4 Å². The number of likely N-dealkylation sites (tertiary alicyclic amines) is 1. The molecule has 7 heteroatoms. The zero-order valence-corrected chi connectivity index (χ0v) is 12.9. The maximum absolute atomic E-state index is 12.6. The first-order chi connectivity index (χ1) is 10.9. The fourth-order valence-corrected chi connectivity index (χ4v) is 3.04. The summed E-state index contributed by atoms with van der Waals surface area (Å²) in [6.07, 6.45) is 1.08. The van der Waals surface area contributed by atoms with E-state index < -0.39 is 11.7 Å². The number of piperidine rings is 1. The first-order valence-electron chi connectivity index (χ1n) is 7.55. The van der Waals surface area contributed by atoms with Gasteiger partial charge in [0.25, 0.3) is 5.56 Å². The number of hydrogen-bond acceptors (Lipinski definition) is 4. The Balaban J connectivity index is 1.86. The topological polar surface area (TPSA) is 95.7 Å². The van der Waals surface area contributed by atoms with Crippen molar-refractivity contribution < 1.29 is 15.0 Å². The summed E-state index contributed by atoms with van der Waals surface area (Å²) < 4.78 is 1.41. The van der Waals surface area contributed by atoms with Crippen LogP contribution in [0.4, 0.5) is 4.79 Å². The SMILES string of the molecule is Cc1cccc2c(=O)n(CC3(O)CCN(C(=O)O)CC3)cnc12. The van der Waals surface area contributed by atoms with Crippen LogP contribution in [0.1, 0.15) is 18.4 Å². The molecule has 0 unspecified atom stereocenters. The lowest BCUT2D eigenvalue weighted by molar-refractivity contribution is -0.0303. The molecule has 1 saturated heterocycles. The van der Waals surface area contributed by atoms with Gasteiger partial charge in [-0.2, -0.15) is 0 Å². The lowest BCUT2D eigenvalue weighted by Gasteiger charge is -2.37. The van der Waals surface area contributed by atoms with Crippen LogP contribution in [0.15, 0.2) is 29.3 Å². The van der Waals surface area contributed by atoms with Crippen molar-refractivity contribution >= 4 is 17.0 Å². The lowest BCUT2D eigenvalue weighted by atomic mass is 9.91. The maximum atomic E-state index is 12.6. The molecule has 0 spiro atoms. The van der Waals surface area contributed by atoms with Crippen molar-refractivity contribution in [2.75, 3.05) is 13.1 Å². The lowest BCUT2D eigenvalue weighted by Crippen LogP contribution is -2.49. The zero-order chi connectivity index (χ0) is 16.6. The van der Waals surface area contributed by atoms with Crippen molar-refractivity contribution in [2.24, 2.45) is 0 Å². The molecule has 2 heterocycles. The van der Waals surface area contributed by atoms with Crippen LogP contribution in [0.2, 0.25) is 0 Å². The molecule has 1 fully saturated rings. The fraction of sp³-hybridized carbons (Fsp3) is 0.438. The van der Waals surface area contributed by atoms with Gasteiger partial charge in [0.15, 0.2) is 0 Å². The molecular weight excluding hydrogens is 298 g/mol. The third-order valence-electron chi connectivity index (χ3n) is 4.48. The van der Waals surface area contributed by atoms with Gasteiger partial charge in [0.1, 0.15) is 0 Å². The largest absolute Gasteiger partial charge is 0.465 e. The molecule has 122 valence electrons. The predicted molar refractivity (Wildman–Crippen MR) is 84.5 cm³/mol. The Hall–Kier alpha value is -2.41. The van der Waals surface area contributed by atoms with E-state index in [0.717, 1.165) is 5.56 Å². The van der Waals surface area contributed by atoms with Crippen molar-refractivity contribution in [3.63, 3.8) is 0 Å². The van der Waals surface area contributed by atoms with E-state index in [0.29, 0.717) is 23.7 Å². The van der Waals surface area contributed by atoms with Crippen molar-refractivity contribution in [3.05, 3.63) is 40.4 Å². The number of hydrogen-bond donors (Lipinski definition) is 2. The Labute approximate surface area is 132 Å². The molecule has 1 aromatic heterocycles. The summed E-state index contributed by atoms with van der Waals surface area (Å²) in [5.74, 6) is 0. The van der Waals surface area contributed by atoms with Crippen LogP contribution in [0.3, 0.4) is 0 Å². The average molecular weight is 317 g/mol. The highest BCUT2D eigenvalue weighted by Crippen LogP contribution is 2.24. The van der Waals surface area contributed by atoms with E-state index in [1.807, 2.05) is 19.1 Å². The summed E-state index contributed by atoms with van der Waals surface area (Å²) in [4.78, 5) is 29.1. The van der Waals surface area contributed by atoms with Gasteiger partial charge in [0.05, 0.1) is 29.4 Å². The average Bonchev–Trinajstić information content (AvgIpc) is 2.51. The zero-order valence-electron chi connectivity index (χ0n) is 12.9. The molecule has 2 aromatic rings. The smallest absolute Gasteiger partial charge is 0.407 e. The van der Waals surface area contributed by atoms with Crippen molar-refractivity contribution in [1.82, 2.24) is 14.5 Å².